The van der Waals surface area contributed by atoms with Gasteiger partial charge in [-0.3, -0.25) is 4.79 Å². The first-order valence-corrected chi connectivity index (χ1v) is 12.9. The Kier molecular flexibility index (Phi) is 6.32. The Morgan fingerprint density at radius 2 is 1.97 bits per heavy atom. The first kappa shape index (κ1) is 24.5. The number of hydrogen-bond donors (Lipinski definition) is 2. The van der Waals surface area contributed by atoms with Crippen molar-refractivity contribution in [3.8, 4) is 5.75 Å². The van der Waals surface area contributed by atoms with Gasteiger partial charge in [0.2, 0.25) is 0 Å². The fourth-order valence-electron chi connectivity index (χ4n) is 6.93. The van der Waals surface area contributed by atoms with Crippen LogP contribution in [0.3, 0.4) is 0 Å². The third-order valence-corrected chi connectivity index (χ3v) is 10.3. The molecule has 4 rings (SSSR count). The van der Waals surface area contributed by atoms with Crippen molar-refractivity contribution in [1.82, 2.24) is 0 Å². The van der Waals surface area contributed by atoms with Crippen LogP contribution in [0.5, 0.6) is 5.75 Å². The zero-order valence-electron chi connectivity index (χ0n) is 19.8. The summed E-state index contributed by atoms with van der Waals surface area (Å²) in [6.45, 7) is 10.2. The molecule has 1 heterocycles. The lowest BCUT2D eigenvalue weighted by molar-refractivity contribution is -0.159. The van der Waals surface area contributed by atoms with E-state index in [4.69, 9.17) is 4.74 Å². The highest BCUT2D eigenvalue weighted by atomic mass is 79.9. The van der Waals surface area contributed by atoms with Crippen LogP contribution in [0.4, 0.5) is 0 Å². The number of aromatic carboxylic acids is 1. The molecule has 3 aliphatic rings. The number of carboxylic acids is 1. The topological polar surface area (TPSA) is 83.8 Å². The van der Waals surface area contributed by atoms with Gasteiger partial charge in [0, 0.05) is 17.7 Å². The molecule has 6 atom stereocenters. The van der Waals surface area contributed by atoms with Crippen molar-refractivity contribution in [2.24, 2.45) is 16.7 Å². The van der Waals surface area contributed by atoms with E-state index >= 15 is 0 Å². The average molecular weight is 519 g/mol. The van der Waals surface area contributed by atoms with Gasteiger partial charge in [-0.25, -0.2) is 4.79 Å². The molecule has 0 radical (unpaired) electrons. The summed E-state index contributed by atoms with van der Waals surface area (Å²) in [6.07, 6.45) is 5.68. The predicted molar refractivity (Wildman–Crippen MR) is 131 cm³/mol. The molecular formula is C27H35BrO5. The molecule has 0 spiro atoms. The standard InChI is InChI=1S/C27H35BrO5/c1-16(2)19(29)7-11-26(4)21-8-12-27(32,15-25(21,3)10-9-22(26)28)23-14-18-13-17(24(30)31)5-6-20(18)33-23/h5-6,13,21-23,32H,1,7-12,14-15H2,2-4H3,(H,30,31)/t21-,22+,23+,25-,26+,27-/m0/s1. The minimum atomic E-state index is -0.957. The number of benzene rings is 1. The van der Waals surface area contributed by atoms with Crippen LogP contribution >= 0.6 is 15.9 Å². The molecule has 0 amide bonds. The van der Waals surface area contributed by atoms with E-state index in [9.17, 15) is 19.8 Å². The second kappa shape index (κ2) is 8.53. The molecule has 1 aromatic rings. The average Bonchev–Trinajstić information content (AvgIpc) is 3.19. The summed E-state index contributed by atoms with van der Waals surface area (Å²) in [5.41, 5.74) is 0.675. The molecule has 2 aliphatic carbocycles. The van der Waals surface area contributed by atoms with E-state index in [0.717, 1.165) is 31.2 Å². The summed E-state index contributed by atoms with van der Waals surface area (Å²) in [4.78, 5) is 24.0. The fraction of sp³-hybridized carbons (Fsp3) is 0.630. The van der Waals surface area contributed by atoms with Crippen LogP contribution in [0.2, 0.25) is 0 Å². The highest BCUT2D eigenvalue weighted by Crippen LogP contribution is 2.63. The third-order valence-electron chi connectivity index (χ3n) is 8.85. The largest absolute Gasteiger partial charge is 0.487 e. The number of ether oxygens (including phenoxy) is 1. The minimum absolute atomic E-state index is 0.0324. The monoisotopic (exact) mass is 518 g/mol. The van der Waals surface area contributed by atoms with Gasteiger partial charge < -0.3 is 14.9 Å². The molecule has 0 bridgehead atoms. The van der Waals surface area contributed by atoms with E-state index in [2.05, 4.69) is 36.4 Å². The molecule has 0 saturated heterocycles. The van der Waals surface area contributed by atoms with E-state index in [1.807, 2.05) is 0 Å². The van der Waals surface area contributed by atoms with Crippen LogP contribution in [-0.2, 0) is 11.2 Å². The fourth-order valence-corrected chi connectivity index (χ4v) is 7.71. The lowest BCUT2D eigenvalue weighted by Crippen LogP contribution is -2.59. The Morgan fingerprint density at radius 3 is 2.64 bits per heavy atom. The number of ketones is 1. The second-order valence-electron chi connectivity index (χ2n) is 11.2. The van der Waals surface area contributed by atoms with E-state index in [-0.39, 0.29) is 28.3 Å². The number of carbonyl (C=O) groups is 2. The third kappa shape index (κ3) is 4.29. The smallest absolute Gasteiger partial charge is 0.335 e. The lowest BCUT2D eigenvalue weighted by Gasteiger charge is -2.60. The van der Waals surface area contributed by atoms with Crippen molar-refractivity contribution in [1.29, 1.82) is 0 Å². The maximum absolute atomic E-state index is 12.3. The van der Waals surface area contributed by atoms with E-state index < -0.39 is 11.6 Å². The Balaban J connectivity index is 1.53. The van der Waals surface area contributed by atoms with E-state index in [1.54, 1.807) is 25.1 Å². The zero-order valence-corrected chi connectivity index (χ0v) is 21.4. The van der Waals surface area contributed by atoms with Crippen molar-refractivity contribution in [3.05, 3.63) is 41.5 Å². The van der Waals surface area contributed by atoms with Crippen LogP contribution < -0.4 is 4.74 Å². The number of alkyl halides is 1. The molecular weight excluding hydrogens is 484 g/mol. The van der Waals surface area contributed by atoms with Crippen LogP contribution in [0.1, 0.15) is 81.6 Å². The molecule has 2 N–H and O–H groups in total. The normalized spacial score (nSPS) is 37.5. The van der Waals surface area contributed by atoms with Crippen molar-refractivity contribution in [2.75, 3.05) is 0 Å². The molecule has 2 saturated carbocycles. The Labute approximate surface area is 204 Å². The van der Waals surface area contributed by atoms with Gasteiger partial charge in [-0.05, 0) is 91.5 Å². The Hall–Kier alpha value is -1.66. The zero-order chi connectivity index (χ0) is 24.2. The SMILES string of the molecule is C=C(C)C(=O)CC[C@@]1(C)[C@H](Br)CC[C@@]2(C)C[C@](O)([C@H]3Cc4cc(C(=O)O)ccc4O3)CC[C@@H]21. The molecule has 1 aliphatic heterocycles. The summed E-state index contributed by atoms with van der Waals surface area (Å²) in [6, 6.07) is 4.93. The van der Waals surface area contributed by atoms with Crippen LogP contribution in [0.15, 0.2) is 30.4 Å². The van der Waals surface area contributed by atoms with Crippen LogP contribution in [0.25, 0.3) is 0 Å². The number of halogens is 1. The molecule has 2 fully saturated rings. The van der Waals surface area contributed by atoms with Gasteiger partial charge >= 0.3 is 5.97 Å². The van der Waals surface area contributed by atoms with Gasteiger partial charge in [0.15, 0.2) is 5.78 Å². The molecule has 0 aromatic heterocycles. The van der Waals surface area contributed by atoms with E-state index in [1.165, 1.54) is 0 Å². The number of carboxylic acid groups (broad SMARTS) is 1. The maximum Gasteiger partial charge on any atom is 0.335 e. The van der Waals surface area contributed by atoms with E-state index in [0.29, 0.717) is 47.8 Å². The highest BCUT2D eigenvalue weighted by Gasteiger charge is 2.59. The van der Waals surface area contributed by atoms with Gasteiger partial charge in [-0.2, -0.15) is 0 Å². The molecule has 0 unspecified atom stereocenters. The summed E-state index contributed by atoms with van der Waals surface area (Å²) < 4.78 is 6.18. The lowest BCUT2D eigenvalue weighted by atomic mass is 9.47. The number of Topliss-reactive ketones (excluding diaryl/α,β-unsaturated/α-hetero) is 1. The van der Waals surface area contributed by atoms with Gasteiger partial charge in [-0.15, -0.1) is 0 Å². The first-order valence-electron chi connectivity index (χ1n) is 12.0. The highest BCUT2D eigenvalue weighted by molar-refractivity contribution is 9.09. The number of hydrogen-bond acceptors (Lipinski definition) is 4. The van der Waals surface area contributed by atoms with Gasteiger partial charge in [-0.1, -0.05) is 36.4 Å². The predicted octanol–water partition coefficient (Wildman–Crippen LogP) is 5.71. The number of fused-ring (bicyclic) bond motifs is 2. The molecule has 33 heavy (non-hydrogen) atoms. The van der Waals surface area contributed by atoms with Crippen LogP contribution in [-0.4, -0.2) is 38.5 Å². The summed E-state index contributed by atoms with van der Waals surface area (Å²) in [5.74, 6) is 0.249. The number of carbonyl (C=O) groups excluding carboxylic acids is 1. The molecule has 180 valence electrons. The van der Waals surface area contributed by atoms with Gasteiger partial charge in [0.05, 0.1) is 5.56 Å². The Bertz CT molecular complexity index is 989. The number of allylic oxidation sites excluding steroid dienone is 1. The first-order chi connectivity index (χ1) is 15.4. The van der Waals surface area contributed by atoms with Crippen LogP contribution in [0, 0.1) is 16.7 Å². The molecule has 1 aromatic carbocycles. The van der Waals surface area contributed by atoms with Gasteiger partial charge in [0.1, 0.15) is 17.5 Å². The Morgan fingerprint density at radius 1 is 1.24 bits per heavy atom. The van der Waals surface area contributed by atoms with Crippen molar-refractivity contribution in [2.45, 2.75) is 88.7 Å². The minimum Gasteiger partial charge on any atom is -0.487 e. The number of aliphatic hydroxyl groups is 1. The molecule has 5 nitrogen and oxygen atoms in total. The molecule has 6 heteroatoms. The number of rotatable bonds is 6. The summed E-state index contributed by atoms with van der Waals surface area (Å²) >= 11 is 3.95. The van der Waals surface area contributed by atoms with Crippen molar-refractivity contribution >= 4 is 27.7 Å². The van der Waals surface area contributed by atoms with Crippen molar-refractivity contribution < 1.29 is 24.5 Å². The quantitative estimate of drug-likeness (QED) is 0.371. The van der Waals surface area contributed by atoms with Crippen molar-refractivity contribution in [3.63, 3.8) is 0 Å². The summed E-state index contributed by atoms with van der Waals surface area (Å²) in [7, 11) is 0. The second-order valence-corrected chi connectivity index (χ2v) is 12.3. The summed E-state index contributed by atoms with van der Waals surface area (Å²) in [5, 5.41) is 21.1. The maximum atomic E-state index is 12.3. The van der Waals surface area contributed by atoms with Gasteiger partial charge in [0.25, 0.3) is 0 Å².